The number of hydrogen-bond donors (Lipinski definition) is 0. The SMILES string of the molecule is c1ccc(-c2ccc(-n3c4ccccc4c4cc(-c5ccc(-c6cccc(N(c7ccc8c(c7)C7(c9ccccc9-c9ccccc97)c7ccccc7-8)c7ccc8ccccc8c7)c6)cc5)ccc43)cc2)cc1. The molecule has 0 saturated heterocycles. The molecule has 2 heteroatoms. The van der Waals surface area contributed by atoms with E-state index in [9.17, 15) is 0 Å². The minimum Gasteiger partial charge on any atom is -0.310 e. The molecule has 1 spiro atoms. The van der Waals surface area contributed by atoms with Crippen molar-refractivity contribution in [3.05, 3.63) is 301 Å². The van der Waals surface area contributed by atoms with Crippen molar-refractivity contribution in [1.82, 2.24) is 4.57 Å². The van der Waals surface area contributed by atoms with Gasteiger partial charge >= 0.3 is 0 Å². The quantitative estimate of drug-likeness (QED) is 0.155. The fourth-order valence-corrected chi connectivity index (χ4v) is 12.5. The zero-order chi connectivity index (χ0) is 48.0. The molecule has 0 bridgehead atoms. The largest absolute Gasteiger partial charge is 0.310 e. The smallest absolute Gasteiger partial charge is 0.0726 e. The summed E-state index contributed by atoms with van der Waals surface area (Å²) in [6.45, 7) is 0. The Balaban J connectivity index is 0.821. The topological polar surface area (TPSA) is 8.17 Å². The predicted octanol–water partition coefficient (Wildman–Crippen LogP) is 18.8. The Hall–Kier alpha value is -9.50. The highest BCUT2D eigenvalue weighted by Crippen LogP contribution is 2.63. The van der Waals surface area contributed by atoms with Crippen molar-refractivity contribution in [2.24, 2.45) is 0 Å². The first-order valence-electron chi connectivity index (χ1n) is 25.3. The summed E-state index contributed by atoms with van der Waals surface area (Å²) in [4.78, 5) is 2.46. The van der Waals surface area contributed by atoms with Gasteiger partial charge < -0.3 is 9.47 Å². The highest BCUT2D eigenvalue weighted by Gasteiger charge is 2.51. The molecule has 13 aromatic rings. The summed E-state index contributed by atoms with van der Waals surface area (Å²) in [6, 6.07) is 103. The van der Waals surface area contributed by atoms with E-state index in [0.717, 1.165) is 28.3 Å². The third-order valence-electron chi connectivity index (χ3n) is 15.8. The maximum absolute atomic E-state index is 2.49. The number of aromatic nitrogens is 1. The van der Waals surface area contributed by atoms with Crippen LogP contribution in [-0.4, -0.2) is 4.57 Å². The van der Waals surface area contributed by atoms with E-state index in [1.807, 2.05) is 0 Å². The summed E-state index contributed by atoms with van der Waals surface area (Å²) in [5.41, 5.74) is 24.2. The molecule has 0 N–H and O–H groups in total. The van der Waals surface area contributed by atoms with Crippen molar-refractivity contribution in [2.45, 2.75) is 5.41 Å². The van der Waals surface area contributed by atoms with E-state index in [1.54, 1.807) is 0 Å². The highest BCUT2D eigenvalue weighted by molar-refractivity contribution is 6.10. The highest BCUT2D eigenvalue weighted by atomic mass is 15.1. The second-order valence-electron chi connectivity index (χ2n) is 19.6. The molecule has 0 fully saturated rings. The van der Waals surface area contributed by atoms with Crippen LogP contribution >= 0.6 is 0 Å². The van der Waals surface area contributed by atoms with Crippen LogP contribution in [0.1, 0.15) is 22.3 Å². The molecule has 2 aliphatic rings. The predicted molar refractivity (Wildman–Crippen MR) is 306 cm³/mol. The van der Waals surface area contributed by atoms with Crippen molar-refractivity contribution < 1.29 is 0 Å². The van der Waals surface area contributed by atoms with Gasteiger partial charge in [-0.1, -0.05) is 212 Å². The van der Waals surface area contributed by atoms with Crippen molar-refractivity contribution in [3.8, 4) is 61.3 Å². The van der Waals surface area contributed by atoms with E-state index in [2.05, 4.69) is 289 Å². The minimum atomic E-state index is -0.440. The maximum atomic E-state index is 2.49. The Labute approximate surface area is 425 Å². The number of benzene rings is 12. The summed E-state index contributed by atoms with van der Waals surface area (Å²) >= 11 is 0. The van der Waals surface area contributed by atoms with Crippen molar-refractivity contribution in [3.63, 3.8) is 0 Å². The minimum absolute atomic E-state index is 0.440. The third-order valence-corrected chi connectivity index (χ3v) is 15.8. The van der Waals surface area contributed by atoms with Gasteiger partial charge in [0.15, 0.2) is 0 Å². The fourth-order valence-electron chi connectivity index (χ4n) is 12.5. The second kappa shape index (κ2) is 16.3. The fraction of sp³-hybridized carbons (Fsp3) is 0.0141. The first-order chi connectivity index (χ1) is 36.2. The van der Waals surface area contributed by atoms with Crippen LogP contribution in [-0.2, 0) is 5.41 Å². The molecule has 2 aliphatic carbocycles. The number of anilines is 3. The van der Waals surface area contributed by atoms with Crippen molar-refractivity contribution in [1.29, 1.82) is 0 Å². The first kappa shape index (κ1) is 41.3. The molecule has 340 valence electrons. The number of rotatable bonds is 7. The van der Waals surface area contributed by atoms with E-state index in [0.29, 0.717) is 0 Å². The lowest BCUT2D eigenvalue weighted by Crippen LogP contribution is -2.26. The zero-order valence-corrected chi connectivity index (χ0v) is 40.0. The van der Waals surface area contributed by atoms with Crippen LogP contribution in [0.25, 0.3) is 93.9 Å². The lowest BCUT2D eigenvalue weighted by Gasteiger charge is -2.32. The number of para-hydroxylation sites is 1. The maximum Gasteiger partial charge on any atom is 0.0726 e. The zero-order valence-electron chi connectivity index (χ0n) is 40.0. The molecule has 0 atom stereocenters. The average molecular weight is 927 g/mol. The first-order valence-corrected chi connectivity index (χ1v) is 25.3. The van der Waals surface area contributed by atoms with Crippen LogP contribution in [0.2, 0.25) is 0 Å². The van der Waals surface area contributed by atoms with E-state index in [4.69, 9.17) is 0 Å². The van der Waals surface area contributed by atoms with Crippen LogP contribution < -0.4 is 4.90 Å². The van der Waals surface area contributed by atoms with Gasteiger partial charge in [-0.15, -0.1) is 0 Å². The molecule has 0 radical (unpaired) electrons. The summed E-state index contributed by atoms with van der Waals surface area (Å²) in [5.74, 6) is 0. The van der Waals surface area contributed by atoms with Crippen LogP contribution in [0, 0.1) is 0 Å². The molecule has 0 saturated carbocycles. The van der Waals surface area contributed by atoms with Gasteiger partial charge in [-0.25, -0.2) is 0 Å². The van der Waals surface area contributed by atoms with Gasteiger partial charge in [-0.05, 0) is 155 Å². The molecule has 73 heavy (non-hydrogen) atoms. The molecule has 2 nitrogen and oxygen atoms in total. The molecule has 0 aliphatic heterocycles. The van der Waals surface area contributed by atoms with Gasteiger partial charge in [0.25, 0.3) is 0 Å². The molecule has 12 aromatic carbocycles. The Morgan fingerprint density at radius 3 is 1.45 bits per heavy atom. The Morgan fingerprint density at radius 1 is 0.260 bits per heavy atom. The molecule has 1 heterocycles. The van der Waals surface area contributed by atoms with E-state index < -0.39 is 5.41 Å². The van der Waals surface area contributed by atoms with Crippen LogP contribution in [0.3, 0.4) is 0 Å². The van der Waals surface area contributed by atoms with E-state index in [-0.39, 0.29) is 0 Å². The normalized spacial score (nSPS) is 12.8. The van der Waals surface area contributed by atoms with Gasteiger partial charge in [-0.2, -0.15) is 0 Å². The Kier molecular flexibility index (Phi) is 9.21. The average Bonchev–Trinajstić information content (AvgIpc) is 4.07. The summed E-state index contributed by atoms with van der Waals surface area (Å²) < 4.78 is 2.40. The molecular formula is C71H46N2. The van der Waals surface area contributed by atoms with Crippen LogP contribution in [0.4, 0.5) is 17.1 Å². The standard InChI is InChI=1S/C71H46N2/c1-2-15-47(16-3-1)49-33-37-55(38-34-49)73-69-28-13-9-24-63(69)64-45-54(36-42-70(64)73)51-31-29-50(30-32-51)53-19-14-20-56(43-53)72(57-39-35-48-17-4-5-18-52(48)44-57)58-40-41-62-61-23-8-12-27-67(61)71(68(62)46-58)65-25-10-6-21-59(65)60-22-7-11-26-66(60)71/h1-46H. The molecule has 0 unspecified atom stereocenters. The van der Waals surface area contributed by atoms with Crippen LogP contribution in [0.5, 0.6) is 0 Å². The van der Waals surface area contributed by atoms with Crippen molar-refractivity contribution in [2.75, 3.05) is 4.90 Å². The Morgan fingerprint density at radius 2 is 0.740 bits per heavy atom. The van der Waals surface area contributed by atoms with Gasteiger partial charge in [0, 0.05) is 33.5 Å². The molecular weight excluding hydrogens is 881 g/mol. The molecule has 1 aromatic heterocycles. The van der Waals surface area contributed by atoms with Gasteiger partial charge in [-0.3, -0.25) is 0 Å². The number of fused-ring (bicyclic) bond motifs is 14. The van der Waals surface area contributed by atoms with E-state index in [1.165, 1.54) is 105 Å². The lowest BCUT2D eigenvalue weighted by atomic mass is 9.70. The molecule has 15 rings (SSSR count). The summed E-state index contributed by atoms with van der Waals surface area (Å²) in [6.07, 6.45) is 0. The summed E-state index contributed by atoms with van der Waals surface area (Å²) in [7, 11) is 0. The van der Waals surface area contributed by atoms with Gasteiger partial charge in [0.05, 0.1) is 16.4 Å². The van der Waals surface area contributed by atoms with Crippen LogP contribution in [0.15, 0.2) is 279 Å². The second-order valence-corrected chi connectivity index (χ2v) is 19.6. The monoisotopic (exact) mass is 926 g/mol. The molecule has 0 amide bonds. The summed E-state index contributed by atoms with van der Waals surface area (Å²) in [5, 5.41) is 4.92. The Bertz CT molecular complexity index is 4250. The van der Waals surface area contributed by atoms with Crippen molar-refractivity contribution >= 4 is 49.6 Å². The number of hydrogen-bond acceptors (Lipinski definition) is 1. The van der Waals surface area contributed by atoms with Gasteiger partial charge in [0.1, 0.15) is 0 Å². The third kappa shape index (κ3) is 6.30. The lowest BCUT2D eigenvalue weighted by molar-refractivity contribution is 0.793. The van der Waals surface area contributed by atoms with E-state index >= 15 is 0 Å². The number of nitrogens with zero attached hydrogens (tertiary/aromatic N) is 2. The van der Waals surface area contributed by atoms with Gasteiger partial charge in [0.2, 0.25) is 0 Å².